The van der Waals surface area contributed by atoms with Crippen molar-refractivity contribution < 1.29 is 13.9 Å². The molecule has 0 saturated heterocycles. The summed E-state index contributed by atoms with van der Waals surface area (Å²) in [5.41, 5.74) is 0.725. The molecule has 0 radical (unpaired) electrons. The first-order chi connectivity index (χ1) is 12.1. The lowest BCUT2D eigenvalue weighted by Gasteiger charge is -2.04. The van der Waals surface area contributed by atoms with E-state index in [1.54, 1.807) is 49.4 Å². The second kappa shape index (κ2) is 7.96. The summed E-state index contributed by atoms with van der Waals surface area (Å²) in [4.78, 5) is 15.6. The van der Waals surface area contributed by atoms with E-state index in [1.807, 2.05) is 0 Å². The summed E-state index contributed by atoms with van der Waals surface area (Å²) in [6, 6.07) is 11.6. The number of hydrogen-bond acceptors (Lipinski definition) is 8. The standard InChI is InChI=1S/C17H11N5O3/c1-2-24-17(23)15-10-25-16(22-15)11-3-5-13(6-4-11)21-14(9-20)12(7-18)8-19/h3-6,10,21H,2H2,1H3. The number of hydrogen-bond donors (Lipinski definition) is 1. The van der Waals surface area contributed by atoms with Gasteiger partial charge in [0.1, 0.15) is 30.2 Å². The zero-order chi connectivity index (χ0) is 18.2. The molecule has 1 N–H and O–H groups in total. The fourth-order valence-corrected chi connectivity index (χ4v) is 1.83. The summed E-state index contributed by atoms with van der Waals surface area (Å²) in [6.07, 6.45) is 1.21. The molecule has 0 unspecified atom stereocenters. The Bertz CT molecular complexity index is 920. The Kier molecular flexibility index (Phi) is 5.50. The van der Waals surface area contributed by atoms with Crippen LogP contribution in [0.2, 0.25) is 0 Å². The van der Waals surface area contributed by atoms with Crippen molar-refractivity contribution in [3.63, 3.8) is 0 Å². The summed E-state index contributed by atoms with van der Waals surface area (Å²) < 4.78 is 10.1. The summed E-state index contributed by atoms with van der Waals surface area (Å²) in [5, 5.41) is 29.3. The molecule has 1 aromatic heterocycles. The fraction of sp³-hybridized carbons (Fsp3) is 0.118. The molecule has 2 aromatic rings. The lowest BCUT2D eigenvalue weighted by molar-refractivity contribution is 0.0519. The van der Waals surface area contributed by atoms with Gasteiger partial charge in [-0.05, 0) is 31.2 Å². The lowest BCUT2D eigenvalue weighted by Crippen LogP contribution is -2.04. The molecule has 0 aliphatic heterocycles. The van der Waals surface area contributed by atoms with Gasteiger partial charge in [0.25, 0.3) is 0 Å². The van der Waals surface area contributed by atoms with E-state index in [0.717, 1.165) is 0 Å². The molecule has 0 saturated carbocycles. The van der Waals surface area contributed by atoms with E-state index < -0.39 is 5.97 Å². The molecule has 25 heavy (non-hydrogen) atoms. The van der Waals surface area contributed by atoms with Crippen molar-refractivity contribution in [3.8, 4) is 29.7 Å². The molecule has 2 rings (SSSR count). The maximum absolute atomic E-state index is 11.6. The molecule has 122 valence electrons. The van der Waals surface area contributed by atoms with Crippen molar-refractivity contribution in [1.82, 2.24) is 4.98 Å². The smallest absolute Gasteiger partial charge is 0.360 e. The number of ether oxygens (including phenoxy) is 1. The van der Waals surface area contributed by atoms with Gasteiger partial charge >= 0.3 is 5.97 Å². The number of oxazole rings is 1. The molecular weight excluding hydrogens is 322 g/mol. The summed E-state index contributed by atoms with van der Waals surface area (Å²) in [6.45, 7) is 1.93. The molecule has 0 aliphatic carbocycles. The molecule has 8 heteroatoms. The van der Waals surface area contributed by atoms with E-state index in [1.165, 1.54) is 6.26 Å². The van der Waals surface area contributed by atoms with Crippen LogP contribution in [0.4, 0.5) is 5.69 Å². The molecular formula is C17H11N5O3. The maximum atomic E-state index is 11.6. The number of aromatic nitrogens is 1. The second-order valence-corrected chi connectivity index (χ2v) is 4.55. The zero-order valence-electron chi connectivity index (χ0n) is 13.1. The number of rotatable bonds is 5. The third-order valence-corrected chi connectivity index (χ3v) is 2.98. The normalized spacial score (nSPS) is 9.20. The number of allylic oxidation sites excluding steroid dienone is 2. The first kappa shape index (κ1) is 17.3. The van der Waals surface area contributed by atoms with Gasteiger partial charge in [0.15, 0.2) is 11.3 Å². The predicted octanol–water partition coefficient (Wildman–Crippen LogP) is 2.76. The third kappa shape index (κ3) is 4.01. The summed E-state index contributed by atoms with van der Waals surface area (Å²) in [5.74, 6) is -0.333. The second-order valence-electron chi connectivity index (χ2n) is 4.55. The van der Waals surface area contributed by atoms with Crippen LogP contribution in [0.25, 0.3) is 11.5 Å². The van der Waals surface area contributed by atoms with Crippen LogP contribution in [-0.4, -0.2) is 17.6 Å². The van der Waals surface area contributed by atoms with Gasteiger partial charge in [-0.1, -0.05) is 0 Å². The van der Waals surface area contributed by atoms with Gasteiger partial charge in [-0.15, -0.1) is 0 Å². The molecule has 1 heterocycles. The van der Waals surface area contributed by atoms with Gasteiger partial charge in [0, 0.05) is 11.3 Å². The van der Waals surface area contributed by atoms with Gasteiger partial charge in [-0.3, -0.25) is 0 Å². The Morgan fingerprint density at radius 3 is 2.44 bits per heavy atom. The highest BCUT2D eigenvalue weighted by Crippen LogP contribution is 2.22. The average Bonchev–Trinajstić information content (AvgIpc) is 3.13. The molecule has 0 atom stereocenters. The minimum absolute atomic E-state index is 0.0708. The van der Waals surface area contributed by atoms with Gasteiger partial charge in [0.2, 0.25) is 5.89 Å². The Labute approximate surface area is 143 Å². The Morgan fingerprint density at radius 2 is 1.88 bits per heavy atom. The SMILES string of the molecule is CCOC(=O)c1coc(-c2ccc(NC(C#N)=C(C#N)C#N)cc2)n1. The number of nitrogens with one attached hydrogen (secondary N) is 1. The first-order valence-corrected chi connectivity index (χ1v) is 7.07. The molecule has 0 spiro atoms. The molecule has 0 aliphatic rings. The van der Waals surface area contributed by atoms with Crippen LogP contribution in [0.15, 0.2) is 46.2 Å². The van der Waals surface area contributed by atoms with Crippen molar-refractivity contribution in [1.29, 1.82) is 15.8 Å². The quantitative estimate of drug-likeness (QED) is 0.651. The van der Waals surface area contributed by atoms with Crippen molar-refractivity contribution in [2.45, 2.75) is 6.92 Å². The molecule has 1 aromatic carbocycles. The number of carbonyl (C=O) groups excluding carboxylic acids is 1. The van der Waals surface area contributed by atoms with E-state index in [2.05, 4.69) is 10.3 Å². The Balaban J connectivity index is 2.20. The van der Waals surface area contributed by atoms with E-state index in [4.69, 9.17) is 24.9 Å². The van der Waals surface area contributed by atoms with E-state index >= 15 is 0 Å². The number of nitrogens with zero attached hydrogens (tertiary/aromatic N) is 4. The van der Waals surface area contributed by atoms with Crippen molar-refractivity contribution in [2.24, 2.45) is 0 Å². The molecule has 0 amide bonds. The zero-order valence-corrected chi connectivity index (χ0v) is 13.1. The maximum Gasteiger partial charge on any atom is 0.360 e. The van der Waals surface area contributed by atoms with E-state index in [0.29, 0.717) is 11.3 Å². The van der Waals surface area contributed by atoms with Gasteiger partial charge in [-0.25, -0.2) is 9.78 Å². The molecule has 8 nitrogen and oxygen atoms in total. The predicted molar refractivity (Wildman–Crippen MR) is 85.4 cm³/mol. The average molecular weight is 333 g/mol. The van der Waals surface area contributed by atoms with Crippen molar-refractivity contribution in [3.05, 3.63) is 47.5 Å². The monoisotopic (exact) mass is 333 g/mol. The third-order valence-electron chi connectivity index (χ3n) is 2.98. The number of esters is 1. The van der Waals surface area contributed by atoms with Crippen LogP contribution in [0.1, 0.15) is 17.4 Å². The Morgan fingerprint density at radius 1 is 1.20 bits per heavy atom. The topological polar surface area (TPSA) is 136 Å². The van der Waals surface area contributed by atoms with Crippen LogP contribution in [0.5, 0.6) is 0 Å². The molecule has 0 bridgehead atoms. The largest absolute Gasteiger partial charge is 0.461 e. The fourth-order valence-electron chi connectivity index (χ4n) is 1.83. The van der Waals surface area contributed by atoms with Gasteiger partial charge < -0.3 is 14.5 Å². The van der Waals surface area contributed by atoms with Crippen molar-refractivity contribution >= 4 is 11.7 Å². The number of anilines is 1. The van der Waals surface area contributed by atoms with Crippen molar-refractivity contribution in [2.75, 3.05) is 11.9 Å². The highest BCUT2D eigenvalue weighted by atomic mass is 16.5. The Hall–Kier alpha value is -4.09. The van der Waals surface area contributed by atoms with E-state index in [-0.39, 0.29) is 29.5 Å². The van der Waals surface area contributed by atoms with Crippen LogP contribution >= 0.6 is 0 Å². The van der Waals surface area contributed by atoms with Crippen LogP contribution in [0, 0.1) is 34.0 Å². The number of nitriles is 3. The van der Waals surface area contributed by atoms with Crippen LogP contribution in [-0.2, 0) is 4.74 Å². The minimum Gasteiger partial charge on any atom is -0.461 e. The highest BCUT2D eigenvalue weighted by Gasteiger charge is 2.14. The van der Waals surface area contributed by atoms with E-state index in [9.17, 15) is 4.79 Å². The van der Waals surface area contributed by atoms with Crippen LogP contribution < -0.4 is 5.32 Å². The summed E-state index contributed by atoms with van der Waals surface area (Å²) >= 11 is 0. The van der Waals surface area contributed by atoms with Gasteiger partial charge in [0.05, 0.1) is 6.61 Å². The number of carbonyl (C=O) groups is 1. The molecule has 0 fully saturated rings. The van der Waals surface area contributed by atoms with Gasteiger partial charge in [-0.2, -0.15) is 15.8 Å². The minimum atomic E-state index is -0.569. The lowest BCUT2D eigenvalue weighted by atomic mass is 10.2. The van der Waals surface area contributed by atoms with Crippen LogP contribution in [0.3, 0.4) is 0 Å². The summed E-state index contributed by atoms with van der Waals surface area (Å²) in [7, 11) is 0. The number of benzene rings is 1. The first-order valence-electron chi connectivity index (χ1n) is 7.07. The highest BCUT2D eigenvalue weighted by molar-refractivity contribution is 5.87.